The third-order valence-electron chi connectivity index (χ3n) is 5.98. The summed E-state index contributed by atoms with van der Waals surface area (Å²) < 4.78 is 52.6. The summed E-state index contributed by atoms with van der Waals surface area (Å²) in [5.41, 5.74) is 0.157. The minimum atomic E-state index is -5.00. The van der Waals surface area contributed by atoms with Gasteiger partial charge < -0.3 is 35.3 Å². The third kappa shape index (κ3) is 10.2. The van der Waals surface area contributed by atoms with Crippen LogP contribution in [0.3, 0.4) is 0 Å². The van der Waals surface area contributed by atoms with E-state index in [-0.39, 0.29) is 27.0 Å². The van der Waals surface area contributed by atoms with Crippen LogP contribution in [0.25, 0.3) is 11.1 Å². The minimum Gasteiger partial charge on any atom is -0.497 e. The normalized spacial score (nSPS) is 12.9. The van der Waals surface area contributed by atoms with Gasteiger partial charge in [-0.05, 0) is 63.1 Å². The molecule has 3 amide bonds. The van der Waals surface area contributed by atoms with Gasteiger partial charge in [0.25, 0.3) is 5.91 Å². The van der Waals surface area contributed by atoms with Gasteiger partial charge in [0.1, 0.15) is 11.5 Å². The second kappa shape index (κ2) is 14.3. The molecule has 3 aromatic rings. The first-order valence-corrected chi connectivity index (χ1v) is 13.9. The van der Waals surface area contributed by atoms with Crippen molar-refractivity contribution >= 4 is 52.5 Å². The van der Waals surface area contributed by atoms with Crippen LogP contribution in [0.4, 0.5) is 29.3 Å². The number of nitrogens with one attached hydrogen (secondary N) is 3. The number of halogens is 5. The van der Waals surface area contributed by atoms with Gasteiger partial charge in [0.05, 0.1) is 45.8 Å². The van der Waals surface area contributed by atoms with Crippen LogP contribution in [-0.4, -0.2) is 54.2 Å². The van der Waals surface area contributed by atoms with Crippen molar-refractivity contribution in [2.75, 3.05) is 17.7 Å². The minimum absolute atomic E-state index is 0.0453. The number of ether oxygens (including phenoxy) is 3. The Bertz CT molecular complexity index is 1540. The zero-order chi connectivity index (χ0) is 33.7. The molecule has 0 heterocycles. The number of methoxy groups -OCH3 is 1. The first kappa shape index (κ1) is 35.3. The summed E-state index contributed by atoms with van der Waals surface area (Å²) in [6.07, 6.45) is -5.93. The SMILES string of the molecule is COc1ccc(-c2ccc(C(=O)N[C@H](C(=O)O)C(C)OC(C)(C)C)c(NC(=O)Nc3c(Cl)cc(OC(F)(F)F)cc3Cl)c2)cc1. The van der Waals surface area contributed by atoms with Gasteiger partial charge in [0.2, 0.25) is 0 Å². The second-order valence-electron chi connectivity index (χ2n) is 10.6. The van der Waals surface area contributed by atoms with Gasteiger partial charge in [-0.2, -0.15) is 0 Å². The molecule has 45 heavy (non-hydrogen) atoms. The van der Waals surface area contributed by atoms with E-state index in [1.165, 1.54) is 26.2 Å². The van der Waals surface area contributed by atoms with Crippen LogP contribution in [0, 0.1) is 0 Å². The van der Waals surface area contributed by atoms with Gasteiger partial charge in [-0.25, -0.2) is 9.59 Å². The standard InChI is InChI=1S/C30H30Cl2F3N3O7/c1-15(44-29(2,3)4)24(27(40)41)37-26(39)20-11-8-17(16-6-9-18(43-5)10-7-16)12-23(20)36-28(42)38-25-21(31)13-19(14-22(25)32)45-30(33,34)35/h6-15,24H,1-5H3,(H,37,39)(H,40,41)(H2,36,38,42)/t15?,24-/m0/s1. The number of anilines is 2. The zero-order valence-electron chi connectivity index (χ0n) is 24.6. The smallest absolute Gasteiger partial charge is 0.497 e. The number of hydrogen-bond acceptors (Lipinski definition) is 6. The number of carboxylic acids is 1. The molecule has 3 aromatic carbocycles. The van der Waals surface area contributed by atoms with E-state index < -0.39 is 47.8 Å². The highest BCUT2D eigenvalue weighted by Gasteiger charge is 2.33. The maximum absolute atomic E-state index is 13.4. The summed E-state index contributed by atoms with van der Waals surface area (Å²) in [6.45, 7) is 6.71. The van der Waals surface area contributed by atoms with Gasteiger partial charge in [-0.3, -0.25) is 4.79 Å². The zero-order valence-corrected chi connectivity index (χ0v) is 26.1. The van der Waals surface area contributed by atoms with Crippen LogP contribution in [-0.2, 0) is 9.53 Å². The highest BCUT2D eigenvalue weighted by molar-refractivity contribution is 6.40. The summed E-state index contributed by atoms with van der Waals surface area (Å²) in [7, 11) is 1.51. The molecule has 15 heteroatoms. The Labute approximate surface area is 266 Å². The number of carbonyl (C=O) groups excluding carboxylic acids is 2. The molecule has 0 aliphatic heterocycles. The Kier molecular flexibility index (Phi) is 11.2. The molecule has 0 bridgehead atoms. The number of aliphatic carboxylic acids is 1. The van der Waals surface area contributed by atoms with Crippen LogP contribution in [0.1, 0.15) is 38.1 Å². The van der Waals surface area contributed by atoms with Gasteiger partial charge in [0.15, 0.2) is 6.04 Å². The molecule has 242 valence electrons. The van der Waals surface area contributed by atoms with Crippen molar-refractivity contribution in [2.45, 2.75) is 51.8 Å². The summed E-state index contributed by atoms with van der Waals surface area (Å²) in [5.74, 6) is -2.29. The van der Waals surface area contributed by atoms with Crippen molar-refractivity contribution < 1.29 is 46.9 Å². The van der Waals surface area contributed by atoms with Crippen LogP contribution in [0.5, 0.6) is 11.5 Å². The van der Waals surface area contributed by atoms with Crippen molar-refractivity contribution in [3.8, 4) is 22.6 Å². The topological polar surface area (TPSA) is 135 Å². The fourth-order valence-corrected chi connectivity index (χ4v) is 4.72. The Hall–Kier alpha value is -4.20. The van der Waals surface area contributed by atoms with Crippen molar-refractivity contribution in [3.63, 3.8) is 0 Å². The van der Waals surface area contributed by atoms with Crippen LogP contribution >= 0.6 is 23.2 Å². The molecule has 0 fully saturated rings. The van der Waals surface area contributed by atoms with Crippen LogP contribution < -0.4 is 25.4 Å². The first-order valence-electron chi connectivity index (χ1n) is 13.2. The molecule has 10 nitrogen and oxygen atoms in total. The average Bonchev–Trinajstić information content (AvgIpc) is 2.91. The lowest BCUT2D eigenvalue weighted by molar-refractivity contribution is -0.274. The number of hydrogen-bond donors (Lipinski definition) is 4. The Morgan fingerprint density at radius 2 is 1.44 bits per heavy atom. The van der Waals surface area contributed by atoms with E-state index in [0.717, 1.165) is 12.1 Å². The lowest BCUT2D eigenvalue weighted by Crippen LogP contribution is -2.50. The monoisotopic (exact) mass is 671 g/mol. The number of alkyl halides is 3. The van der Waals surface area contributed by atoms with E-state index >= 15 is 0 Å². The van der Waals surface area contributed by atoms with Crippen LogP contribution in [0.15, 0.2) is 54.6 Å². The third-order valence-corrected chi connectivity index (χ3v) is 6.58. The van der Waals surface area contributed by atoms with Crippen molar-refractivity contribution in [1.29, 1.82) is 0 Å². The molecule has 0 spiro atoms. The van der Waals surface area contributed by atoms with E-state index in [1.54, 1.807) is 51.1 Å². The molecule has 0 aliphatic rings. The predicted molar refractivity (Wildman–Crippen MR) is 163 cm³/mol. The van der Waals surface area contributed by atoms with E-state index in [4.69, 9.17) is 32.7 Å². The molecule has 0 aromatic heterocycles. The van der Waals surface area contributed by atoms with Crippen molar-refractivity contribution in [2.24, 2.45) is 0 Å². The van der Waals surface area contributed by atoms with Crippen LogP contribution in [0.2, 0.25) is 10.0 Å². The fraction of sp³-hybridized carbons (Fsp3) is 0.300. The van der Waals surface area contributed by atoms with E-state index in [2.05, 4.69) is 20.7 Å². The molecule has 0 radical (unpaired) electrons. The molecule has 2 atom stereocenters. The molecular weight excluding hydrogens is 642 g/mol. The summed E-state index contributed by atoms with van der Waals surface area (Å²) in [6, 6.07) is 10.6. The Balaban J connectivity index is 1.96. The number of urea groups is 1. The molecule has 4 N–H and O–H groups in total. The average molecular weight is 672 g/mol. The molecule has 1 unspecified atom stereocenters. The quantitative estimate of drug-likeness (QED) is 0.174. The van der Waals surface area contributed by atoms with Crippen molar-refractivity contribution in [3.05, 3.63) is 70.2 Å². The van der Waals surface area contributed by atoms with E-state index in [1.807, 2.05) is 0 Å². The predicted octanol–water partition coefficient (Wildman–Crippen LogP) is 7.60. The lowest BCUT2D eigenvalue weighted by atomic mass is 10.0. The maximum Gasteiger partial charge on any atom is 0.573 e. The highest BCUT2D eigenvalue weighted by atomic mass is 35.5. The molecule has 0 saturated heterocycles. The van der Waals surface area contributed by atoms with Crippen molar-refractivity contribution in [1.82, 2.24) is 5.32 Å². The largest absolute Gasteiger partial charge is 0.573 e. The lowest BCUT2D eigenvalue weighted by Gasteiger charge is -2.29. The fourth-order valence-electron chi connectivity index (χ4n) is 4.16. The Morgan fingerprint density at radius 3 is 1.96 bits per heavy atom. The number of carbonyl (C=O) groups is 3. The number of carboxylic acid groups (broad SMARTS) is 1. The number of rotatable bonds is 10. The van der Waals surface area contributed by atoms with Gasteiger partial charge >= 0.3 is 18.4 Å². The molecular formula is C30H30Cl2F3N3O7. The Morgan fingerprint density at radius 1 is 0.867 bits per heavy atom. The first-order chi connectivity index (χ1) is 20.9. The molecule has 3 rings (SSSR count). The number of amides is 3. The second-order valence-corrected chi connectivity index (χ2v) is 11.4. The summed E-state index contributed by atoms with van der Waals surface area (Å²) in [5, 5.41) is 16.4. The highest BCUT2D eigenvalue weighted by Crippen LogP contribution is 2.37. The molecule has 0 aliphatic carbocycles. The summed E-state index contributed by atoms with van der Waals surface area (Å²) in [4.78, 5) is 38.5. The van der Waals surface area contributed by atoms with Gasteiger partial charge in [0, 0.05) is 12.1 Å². The summed E-state index contributed by atoms with van der Waals surface area (Å²) >= 11 is 12.1. The molecule has 0 saturated carbocycles. The maximum atomic E-state index is 13.4. The van der Waals surface area contributed by atoms with E-state index in [9.17, 15) is 32.7 Å². The van der Waals surface area contributed by atoms with E-state index in [0.29, 0.717) is 16.9 Å². The number of benzene rings is 3. The van der Waals surface area contributed by atoms with Gasteiger partial charge in [-0.1, -0.05) is 41.4 Å². The van der Waals surface area contributed by atoms with Gasteiger partial charge in [-0.15, -0.1) is 13.2 Å².